The smallest absolute Gasteiger partial charge is 0.223 e. The van der Waals surface area contributed by atoms with E-state index < -0.39 is 0 Å². The van der Waals surface area contributed by atoms with E-state index in [1.54, 1.807) is 13.3 Å². The first-order valence-corrected chi connectivity index (χ1v) is 9.38. The van der Waals surface area contributed by atoms with Gasteiger partial charge in [-0.2, -0.15) is 0 Å². The first-order chi connectivity index (χ1) is 13.2. The summed E-state index contributed by atoms with van der Waals surface area (Å²) in [4.78, 5) is 16.3. The minimum atomic E-state index is -0.0695. The van der Waals surface area contributed by atoms with Crippen molar-refractivity contribution >= 4 is 5.91 Å². The molecule has 0 saturated heterocycles. The van der Waals surface area contributed by atoms with E-state index in [9.17, 15) is 4.79 Å². The van der Waals surface area contributed by atoms with Crippen molar-refractivity contribution in [1.82, 2.24) is 10.3 Å². The van der Waals surface area contributed by atoms with Crippen LogP contribution in [0.15, 0.2) is 42.6 Å². The van der Waals surface area contributed by atoms with Gasteiger partial charge in [0.1, 0.15) is 6.10 Å². The lowest BCUT2D eigenvalue weighted by atomic mass is 10.2. The Balaban J connectivity index is 1.41. The Morgan fingerprint density at radius 1 is 1.19 bits per heavy atom. The second-order valence-corrected chi connectivity index (χ2v) is 6.55. The highest BCUT2D eigenvalue weighted by molar-refractivity contribution is 5.76. The SMILES string of the molecule is COc1ccccc1OCCC(=O)NCc1ccnc(OC2CCCC2)c1. The minimum absolute atomic E-state index is 0.0695. The van der Waals surface area contributed by atoms with E-state index in [0.29, 0.717) is 30.5 Å². The number of methoxy groups -OCH3 is 1. The fourth-order valence-corrected chi connectivity index (χ4v) is 3.08. The van der Waals surface area contributed by atoms with Crippen LogP contribution in [0.3, 0.4) is 0 Å². The molecule has 1 fully saturated rings. The summed E-state index contributed by atoms with van der Waals surface area (Å²) in [5.74, 6) is 1.85. The predicted molar refractivity (Wildman–Crippen MR) is 102 cm³/mol. The number of amides is 1. The zero-order valence-corrected chi connectivity index (χ0v) is 15.6. The third kappa shape index (κ3) is 5.88. The molecule has 1 aromatic heterocycles. The standard InChI is InChI=1S/C21H26N2O4/c1-25-18-8-4-5-9-19(18)26-13-11-20(24)23-15-16-10-12-22-21(14-16)27-17-6-2-3-7-17/h4-5,8-10,12,14,17H,2-3,6-7,11,13,15H2,1H3,(H,23,24). The van der Waals surface area contributed by atoms with E-state index in [1.165, 1.54) is 12.8 Å². The first-order valence-electron chi connectivity index (χ1n) is 9.38. The Hall–Kier alpha value is -2.76. The number of carbonyl (C=O) groups is 1. The summed E-state index contributed by atoms with van der Waals surface area (Å²) in [6, 6.07) is 11.2. The van der Waals surface area contributed by atoms with Gasteiger partial charge in [0.05, 0.1) is 20.1 Å². The molecule has 144 valence electrons. The Bertz CT molecular complexity index is 744. The molecule has 1 aromatic carbocycles. The average molecular weight is 370 g/mol. The predicted octanol–water partition coefficient (Wildman–Crippen LogP) is 3.50. The molecular formula is C21H26N2O4. The van der Waals surface area contributed by atoms with Crippen LogP contribution in [-0.2, 0) is 11.3 Å². The molecular weight excluding hydrogens is 344 g/mol. The second-order valence-electron chi connectivity index (χ2n) is 6.55. The summed E-state index contributed by atoms with van der Waals surface area (Å²) in [5.41, 5.74) is 0.969. The largest absolute Gasteiger partial charge is 0.493 e. The lowest BCUT2D eigenvalue weighted by Gasteiger charge is -2.13. The molecule has 0 bridgehead atoms. The molecule has 1 saturated carbocycles. The summed E-state index contributed by atoms with van der Waals surface area (Å²) < 4.78 is 16.8. The molecule has 0 radical (unpaired) electrons. The zero-order chi connectivity index (χ0) is 18.9. The van der Waals surface area contributed by atoms with Gasteiger partial charge in [0.2, 0.25) is 11.8 Å². The number of pyridine rings is 1. The molecule has 0 atom stereocenters. The third-order valence-electron chi connectivity index (χ3n) is 4.53. The molecule has 1 aliphatic rings. The minimum Gasteiger partial charge on any atom is -0.493 e. The van der Waals surface area contributed by atoms with Crippen LogP contribution in [0.5, 0.6) is 17.4 Å². The van der Waals surface area contributed by atoms with Gasteiger partial charge >= 0.3 is 0 Å². The summed E-state index contributed by atoms with van der Waals surface area (Å²) in [6.07, 6.45) is 6.89. The number of aromatic nitrogens is 1. The van der Waals surface area contributed by atoms with E-state index in [2.05, 4.69) is 10.3 Å². The maximum Gasteiger partial charge on any atom is 0.223 e. The van der Waals surface area contributed by atoms with Crippen LogP contribution in [-0.4, -0.2) is 30.7 Å². The van der Waals surface area contributed by atoms with Crippen molar-refractivity contribution in [2.45, 2.75) is 44.8 Å². The van der Waals surface area contributed by atoms with Crippen molar-refractivity contribution in [3.63, 3.8) is 0 Å². The van der Waals surface area contributed by atoms with Crippen LogP contribution in [0.1, 0.15) is 37.7 Å². The number of hydrogen-bond donors (Lipinski definition) is 1. The fourth-order valence-electron chi connectivity index (χ4n) is 3.08. The summed E-state index contributed by atoms with van der Waals surface area (Å²) in [5, 5.41) is 2.90. The number of ether oxygens (including phenoxy) is 3. The molecule has 0 unspecified atom stereocenters. The van der Waals surface area contributed by atoms with Gasteiger partial charge in [-0.25, -0.2) is 4.98 Å². The number of nitrogens with one attached hydrogen (secondary N) is 1. The summed E-state index contributed by atoms with van der Waals surface area (Å²) in [6.45, 7) is 0.732. The lowest BCUT2D eigenvalue weighted by molar-refractivity contribution is -0.121. The van der Waals surface area contributed by atoms with Crippen molar-refractivity contribution < 1.29 is 19.0 Å². The topological polar surface area (TPSA) is 69.7 Å². The Kier molecular flexibility index (Phi) is 6.90. The molecule has 1 amide bonds. The first kappa shape index (κ1) is 19.0. The second kappa shape index (κ2) is 9.80. The van der Waals surface area contributed by atoms with Gasteiger partial charge in [-0.1, -0.05) is 12.1 Å². The van der Waals surface area contributed by atoms with E-state index in [1.807, 2.05) is 36.4 Å². The van der Waals surface area contributed by atoms with Crippen LogP contribution in [0.4, 0.5) is 0 Å². The number of rotatable bonds is 9. The van der Waals surface area contributed by atoms with E-state index in [0.717, 1.165) is 18.4 Å². The van der Waals surface area contributed by atoms with Crippen molar-refractivity contribution in [2.75, 3.05) is 13.7 Å². The van der Waals surface area contributed by atoms with Crippen LogP contribution in [0, 0.1) is 0 Å². The van der Waals surface area contributed by atoms with E-state index in [-0.39, 0.29) is 18.4 Å². The average Bonchev–Trinajstić information content (AvgIpc) is 3.20. The Morgan fingerprint density at radius 3 is 2.74 bits per heavy atom. The Labute approximate surface area is 159 Å². The van der Waals surface area contributed by atoms with Crippen LogP contribution >= 0.6 is 0 Å². The number of nitrogens with zero attached hydrogens (tertiary/aromatic N) is 1. The molecule has 1 aliphatic carbocycles. The molecule has 3 rings (SSSR count). The van der Waals surface area contributed by atoms with Gasteiger partial charge in [-0.3, -0.25) is 4.79 Å². The Morgan fingerprint density at radius 2 is 1.96 bits per heavy atom. The van der Waals surface area contributed by atoms with Crippen molar-refractivity contribution in [1.29, 1.82) is 0 Å². The summed E-state index contributed by atoms with van der Waals surface area (Å²) in [7, 11) is 1.59. The third-order valence-corrected chi connectivity index (χ3v) is 4.53. The molecule has 6 heteroatoms. The molecule has 6 nitrogen and oxygen atoms in total. The van der Waals surface area contributed by atoms with Gasteiger partial charge < -0.3 is 19.5 Å². The van der Waals surface area contributed by atoms with Gasteiger partial charge in [0.15, 0.2) is 11.5 Å². The maximum atomic E-state index is 12.1. The maximum absolute atomic E-state index is 12.1. The van der Waals surface area contributed by atoms with Gasteiger partial charge in [-0.15, -0.1) is 0 Å². The highest BCUT2D eigenvalue weighted by Gasteiger charge is 2.17. The quantitative estimate of drug-likeness (QED) is 0.732. The molecule has 0 spiro atoms. The number of benzene rings is 1. The van der Waals surface area contributed by atoms with Crippen molar-refractivity contribution in [2.24, 2.45) is 0 Å². The fraction of sp³-hybridized carbons (Fsp3) is 0.429. The number of carbonyl (C=O) groups excluding carboxylic acids is 1. The molecule has 1 N–H and O–H groups in total. The van der Waals surface area contributed by atoms with Crippen LogP contribution in [0.2, 0.25) is 0 Å². The van der Waals surface area contributed by atoms with E-state index >= 15 is 0 Å². The van der Waals surface area contributed by atoms with Crippen LogP contribution in [0.25, 0.3) is 0 Å². The molecule has 2 aromatic rings. The number of para-hydroxylation sites is 2. The zero-order valence-electron chi connectivity index (χ0n) is 15.6. The monoisotopic (exact) mass is 370 g/mol. The summed E-state index contributed by atoms with van der Waals surface area (Å²) >= 11 is 0. The lowest BCUT2D eigenvalue weighted by Crippen LogP contribution is -2.24. The van der Waals surface area contributed by atoms with Crippen molar-refractivity contribution in [3.8, 4) is 17.4 Å². The number of hydrogen-bond acceptors (Lipinski definition) is 5. The van der Waals surface area contributed by atoms with Gasteiger partial charge in [0.25, 0.3) is 0 Å². The highest BCUT2D eigenvalue weighted by Crippen LogP contribution is 2.26. The van der Waals surface area contributed by atoms with E-state index in [4.69, 9.17) is 14.2 Å². The normalized spacial score (nSPS) is 14.0. The van der Waals surface area contributed by atoms with Gasteiger partial charge in [-0.05, 0) is 49.4 Å². The van der Waals surface area contributed by atoms with Gasteiger partial charge in [0, 0.05) is 18.8 Å². The molecule has 0 aliphatic heterocycles. The highest BCUT2D eigenvalue weighted by atomic mass is 16.5. The van der Waals surface area contributed by atoms with Crippen molar-refractivity contribution in [3.05, 3.63) is 48.2 Å². The molecule has 1 heterocycles. The molecule has 27 heavy (non-hydrogen) atoms. The van der Waals surface area contributed by atoms with Crippen LogP contribution < -0.4 is 19.5 Å².